The van der Waals surface area contributed by atoms with Gasteiger partial charge in [-0.2, -0.15) is 5.26 Å². The van der Waals surface area contributed by atoms with Crippen LogP contribution < -0.4 is 0 Å². The maximum atomic E-state index is 10.2. The molecule has 0 spiro atoms. The third kappa shape index (κ3) is 3.16. The third-order valence-electron chi connectivity index (χ3n) is 0.529. The maximum Gasteiger partial charge on any atom is 0.320 e. The summed E-state index contributed by atoms with van der Waals surface area (Å²) in [5.41, 5.74) is 0. The number of nitriles is 1. The number of ether oxygens (including phenoxy) is 1. The van der Waals surface area contributed by atoms with E-state index in [9.17, 15) is 4.79 Å². The first-order valence-electron chi connectivity index (χ1n) is 2.33. The summed E-state index contributed by atoms with van der Waals surface area (Å²) in [6, 6.07) is 1.68. The monoisotopic (exact) mass is 116 g/mol. The molecule has 8 heavy (non-hydrogen) atoms. The summed E-state index contributed by atoms with van der Waals surface area (Å²) in [4.78, 5) is 10.2. The molecule has 44 valence electrons. The van der Waals surface area contributed by atoms with Crippen molar-refractivity contribution in [3.63, 3.8) is 0 Å². The molecule has 0 aliphatic carbocycles. The number of hydrogen-bond donors (Lipinski definition) is 0. The Bertz CT molecular complexity index is 114. The van der Waals surface area contributed by atoms with Crippen molar-refractivity contribution in [1.82, 2.24) is 0 Å². The Hall–Kier alpha value is -1.04. The lowest BCUT2D eigenvalue weighted by molar-refractivity contribution is -0.141. The highest BCUT2D eigenvalue weighted by Crippen LogP contribution is 1.81. The van der Waals surface area contributed by atoms with Gasteiger partial charge in [-0.1, -0.05) is 0 Å². The van der Waals surface area contributed by atoms with E-state index in [1.54, 1.807) is 13.0 Å². The Morgan fingerprint density at radius 3 is 2.88 bits per heavy atom. The predicted molar refractivity (Wildman–Crippen MR) is 26.9 cm³/mol. The molecule has 0 atom stereocenters. The van der Waals surface area contributed by atoms with Gasteiger partial charge in [0, 0.05) is 0 Å². The fourth-order valence-corrected chi connectivity index (χ4v) is 0.277. The predicted octanol–water partition coefficient (Wildman–Crippen LogP) is 0.463. The SMILES string of the molecule is CCO[13C](=O)[13CH2][13C]#N. The Balaban J connectivity index is 3.23. The minimum atomic E-state index is -0.449. The Morgan fingerprint density at radius 1 is 1.88 bits per heavy atom. The van der Waals surface area contributed by atoms with Crippen LogP contribution in [-0.2, 0) is 9.53 Å². The number of hydrogen-bond acceptors (Lipinski definition) is 3. The van der Waals surface area contributed by atoms with Crippen LogP contribution in [0.15, 0.2) is 0 Å². The Morgan fingerprint density at radius 2 is 2.50 bits per heavy atom. The van der Waals surface area contributed by atoms with Crippen LogP contribution in [0.2, 0.25) is 0 Å². The van der Waals surface area contributed by atoms with Gasteiger partial charge in [-0.3, -0.25) is 4.79 Å². The zero-order valence-corrected chi connectivity index (χ0v) is 4.68. The van der Waals surface area contributed by atoms with Crippen LogP contribution in [0.4, 0.5) is 0 Å². The minimum absolute atomic E-state index is 0.145. The van der Waals surface area contributed by atoms with Crippen LogP contribution >= 0.6 is 0 Å². The minimum Gasteiger partial charge on any atom is -0.465 e. The van der Waals surface area contributed by atoms with Crippen LogP contribution in [0.3, 0.4) is 0 Å². The van der Waals surface area contributed by atoms with E-state index in [0.29, 0.717) is 6.61 Å². The van der Waals surface area contributed by atoms with Crippen LogP contribution in [0.5, 0.6) is 0 Å². The average molecular weight is 116 g/mol. The fourth-order valence-electron chi connectivity index (χ4n) is 0.277. The molecule has 0 bridgehead atoms. The highest BCUT2D eigenvalue weighted by atomic mass is 16.6. The molecule has 3 nitrogen and oxygen atoms in total. The van der Waals surface area contributed by atoms with Crippen molar-refractivity contribution in [3.05, 3.63) is 0 Å². The zero-order valence-electron chi connectivity index (χ0n) is 4.68. The van der Waals surface area contributed by atoms with Gasteiger partial charge in [0.15, 0.2) is 0 Å². The highest BCUT2D eigenvalue weighted by molar-refractivity contribution is 5.71. The number of carbonyl (C=O) groups excluding carboxylic acids is 1. The topological polar surface area (TPSA) is 50.1 Å². The third-order valence-corrected chi connectivity index (χ3v) is 0.529. The number of rotatable bonds is 2. The molecule has 0 rings (SSSR count). The van der Waals surface area contributed by atoms with Crippen LogP contribution in [0, 0.1) is 11.3 Å². The van der Waals surface area contributed by atoms with Gasteiger partial charge < -0.3 is 4.74 Å². The summed E-state index contributed by atoms with van der Waals surface area (Å²) in [6.07, 6.45) is -0.145. The number of nitrogens with zero attached hydrogens (tertiary/aromatic N) is 1. The van der Waals surface area contributed by atoms with Gasteiger partial charge in [0.05, 0.1) is 12.7 Å². The standard InChI is InChI=1S/C5H7NO2/c1-2-8-5(7)3-4-6/h2-3H2,1H3/i3+1,4+1,5+1. The maximum absolute atomic E-state index is 10.2. The van der Waals surface area contributed by atoms with Crippen LogP contribution in [-0.4, -0.2) is 12.6 Å². The molecule has 0 aliphatic rings. The molecular formula is C5H7NO2. The van der Waals surface area contributed by atoms with Gasteiger partial charge in [-0.25, -0.2) is 0 Å². The summed E-state index contributed by atoms with van der Waals surface area (Å²) in [5, 5.41) is 7.91. The molecule has 0 amide bonds. The van der Waals surface area contributed by atoms with Crippen molar-refractivity contribution in [2.45, 2.75) is 13.3 Å². The van der Waals surface area contributed by atoms with Crippen LogP contribution in [0.1, 0.15) is 13.3 Å². The largest absolute Gasteiger partial charge is 0.465 e. The Kier molecular flexibility index (Phi) is 3.59. The van der Waals surface area contributed by atoms with E-state index in [2.05, 4.69) is 4.74 Å². The first-order valence-corrected chi connectivity index (χ1v) is 2.33. The van der Waals surface area contributed by atoms with Crippen molar-refractivity contribution in [1.29, 1.82) is 5.26 Å². The molecule has 0 aromatic carbocycles. The molecule has 0 aromatic rings. The van der Waals surface area contributed by atoms with Crippen molar-refractivity contribution in [2.75, 3.05) is 6.61 Å². The highest BCUT2D eigenvalue weighted by Gasteiger charge is 1.95. The van der Waals surface area contributed by atoms with Crippen LogP contribution in [0.25, 0.3) is 0 Å². The molecule has 0 aliphatic heterocycles. The molecule has 0 saturated carbocycles. The van der Waals surface area contributed by atoms with Gasteiger partial charge in [-0.15, -0.1) is 0 Å². The van der Waals surface area contributed by atoms with Gasteiger partial charge in [-0.05, 0) is 6.92 Å². The van der Waals surface area contributed by atoms with Crippen molar-refractivity contribution >= 4 is 5.97 Å². The molecule has 0 heterocycles. The lowest BCUT2D eigenvalue weighted by Gasteiger charge is -1.92. The van der Waals surface area contributed by atoms with E-state index in [1.165, 1.54) is 0 Å². The summed E-state index contributed by atoms with van der Waals surface area (Å²) >= 11 is 0. The molecule has 0 unspecified atom stereocenters. The number of esters is 1. The second kappa shape index (κ2) is 4.13. The first-order chi connectivity index (χ1) is 3.81. The summed E-state index contributed by atoms with van der Waals surface area (Å²) in [6.45, 7) is 2.05. The quantitative estimate of drug-likeness (QED) is 0.389. The van der Waals surface area contributed by atoms with E-state index < -0.39 is 5.97 Å². The van der Waals surface area contributed by atoms with Gasteiger partial charge in [0.25, 0.3) is 0 Å². The van der Waals surface area contributed by atoms with E-state index in [1.807, 2.05) is 0 Å². The second-order valence-corrected chi connectivity index (χ2v) is 1.14. The Labute approximate surface area is 47.9 Å². The summed E-state index contributed by atoms with van der Waals surface area (Å²) in [5.74, 6) is -0.449. The van der Waals surface area contributed by atoms with E-state index in [0.717, 1.165) is 0 Å². The molecule has 0 aromatic heterocycles. The van der Waals surface area contributed by atoms with E-state index in [4.69, 9.17) is 5.26 Å². The van der Waals surface area contributed by atoms with Crippen molar-refractivity contribution in [2.24, 2.45) is 0 Å². The van der Waals surface area contributed by atoms with Crippen molar-refractivity contribution < 1.29 is 9.53 Å². The molecule has 0 N–H and O–H groups in total. The van der Waals surface area contributed by atoms with E-state index >= 15 is 0 Å². The summed E-state index contributed by atoms with van der Waals surface area (Å²) < 4.78 is 4.42. The summed E-state index contributed by atoms with van der Waals surface area (Å²) in [7, 11) is 0. The smallest absolute Gasteiger partial charge is 0.320 e. The molecular weight excluding hydrogens is 109 g/mol. The van der Waals surface area contributed by atoms with Gasteiger partial charge >= 0.3 is 5.97 Å². The lowest BCUT2D eigenvalue weighted by Crippen LogP contribution is -2.01. The van der Waals surface area contributed by atoms with Gasteiger partial charge in [0.2, 0.25) is 0 Å². The zero-order chi connectivity index (χ0) is 6.41. The van der Waals surface area contributed by atoms with Crippen molar-refractivity contribution in [3.8, 4) is 6.07 Å². The van der Waals surface area contributed by atoms with Gasteiger partial charge in [0.1, 0.15) is 6.42 Å². The second-order valence-electron chi connectivity index (χ2n) is 1.14. The fraction of sp³-hybridized carbons (Fsp3) is 0.600. The molecule has 0 saturated heterocycles. The lowest BCUT2D eigenvalue weighted by atomic mass is 10.9. The normalized spacial score (nSPS) is 7.50. The number of carbonyl (C=O) groups is 1. The average Bonchev–Trinajstić information content (AvgIpc) is 1.68. The van der Waals surface area contributed by atoms with E-state index in [-0.39, 0.29) is 6.42 Å². The first kappa shape index (κ1) is 6.96. The molecule has 0 radical (unpaired) electrons. The molecule has 3 heteroatoms. The molecule has 0 fully saturated rings.